The molecule has 0 radical (unpaired) electrons. The third kappa shape index (κ3) is 2.97. The second-order valence-corrected chi connectivity index (χ2v) is 7.81. The Kier molecular flexibility index (Phi) is 3.98. The summed E-state index contributed by atoms with van der Waals surface area (Å²) in [6, 6.07) is 9.52. The number of fused-ring (bicyclic) bond motifs is 2. The maximum Gasteiger partial charge on any atom is 0.417 e. The molecule has 144 valence electrons. The molecule has 28 heavy (non-hydrogen) atoms. The lowest BCUT2D eigenvalue weighted by Crippen LogP contribution is -2.34. The van der Waals surface area contributed by atoms with Crippen LogP contribution in [-0.4, -0.2) is 32.4 Å². The predicted octanol–water partition coefficient (Wildman–Crippen LogP) is 3.25. The van der Waals surface area contributed by atoms with Crippen molar-refractivity contribution in [2.45, 2.75) is 26.3 Å². The monoisotopic (exact) mass is 377 g/mol. The molecular formula is C21H23N5O2. The Bertz CT molecular complexity index is 1220. The maximum absolute atomic E-state index is 11.5. The van der Waals surface area contributed by atoms with Crippen molar-refractivity contribution < 1.29 is 4.42 Å². The van der Waals surface area contributed by atoms with Gasteiger partial charge in [-0.05, 0) is 49.6 Å². The molecule has 4 aromatic rings. The fourth-order valence-electron chi connectivity index (χ4n) is 4.23. The molecule has 1 aliphatic heterocycles. The van der Waals surface area contributed by atoms with E-state index in [1.165, 1.54) is 12.8 Å². The quantitative estimate of drug-likeness (QED) is 0.572. The van der Waals surface area contributed by atoms with Gasteiger partial charge in [0.2, 0.25) is 0 Å². The van der Waals surface area contributed by atoms with Gasteiger partial charge < -0.3 is 14.6 Å². The van der Waals surface area contributed by atoms with Crippen LogP contribution in [-0.2, 0) is 6.54 Å². The topological polar surface area (TPSA) is 92.6 Å². The number of nitrogens with zero attached hydrogens (tertiary/aromatic N) is 3. The SMILES string of the molecule is CC1CCCN(Cc2c(-c3ccc4[nH]c(=O)oc4c3)nc3ccc(N)cn23)C1. The molecule has 1 fully saturated rings. The number of anilines is 1. The first-order valence-electron chi connectivity index (χ1n) is 9.69. The molecular weight excluding hydrogens is 354 g/mol. The molecule has 1 aliphatic rings. The number of benzene rings is 1. The van der Waals surface area contributed by atoms with E-state index < -0.39 is 5.76 Å². The van der Waals surface area contributed by atoms with Gasteiger partial charge in [0, 0.05) is 30.5 Å². The molecule has 0 amide bonds. The fraction of sp³-hybridized carbons (Fsp3) is 0.333. The van der Waals surface area contributed by atoms with Gasteiger partial charge >= 0.3 is 5.76 Å². The number of aromatic amines is 1. The molecule has 3 N–H and O–H groups in total. The van der Waals surface area contributed by atoms with Crippen LogP contribution in [0.2, 0.25) is 0 Å². The minimum absolute atomic E-state index is 0.447. The van der Waals surface area contributed by atoms with Gasteiger partial charge in [0.05, 0.1) is 16.9 Å². The Morgan fingerprint density at radius 3 is 3.07 bits per heavy atom. The van der Waals surface area contributed by atoms with Gasteiger partial charge in [-0.15, -0.1) is 0 Å². The molecule has 0 aliphatic carbocycles. The van der Waals surface area contributed by atoms with Crippen molar-refractivity contribution in [2.24, 2.45) is 5.92 Å². The number of H-pyrrole nitrogens is 1. The predicted molar refractivity (Wildman–Crippen MR) is 109 cm³/mol. The van der Waals surface area contributed by atoms with Crippen LogP contribution in [0.4, 0.5) is 5.69 Å². The number of imidazole rings is 1. The van der Waals surface area contributed by atoms with Gasteiger partial charge in [0.25, 0.3) is 0 Å². The maximum atomic E-state index is 11.5. The lowest BCUT2D eigenvalue weighted by molar-refractivity contribution is 0.174. The van der Waals surface area contributed by atoms with Crippen molar-refractivity contribution in [1.82, 2.24) is 19.3 Å². The number of piperidine rings is 1. The minimum atomic E-state index is -0.447. The van der Waals surface area contributed by atoms with Gasteiger partial charge in [-0.1, -0.05) is 13.0 Å². The van der Waals surface area contributed by atoms with Gasteiger partial charge in [-0.2, -0.15) is 0 Å². The number of oxazole rings is 1. The van der Waals surface area contributed by atoms with Gasteiger partial charge in [-0.25, -0.2) is 9.78 Å². The third-order valence-electron chi connectivity index (χ3n) is 5.55. The Morgan fingerprint density at radius 1 is 1.32 bits per heavy atom. The highest BCUT2D eigenvalue weighted by Crippen LogP contribution is 2.29. The summed E-state index contributed by atoms with van der Waals surface area (Å²) in [4.78, 5) is 21.6. The van der Waals surface area contributed by atoms with Crippen LogP contribution in [0.1, 0.15) is 25.5 Å². The summed E-state index contributed by atoms with van der Waals surface area (Å²) < 4.78 is 7.34. The molecule has 3 aromatic heterocycles. The zero-order valence-electron chi connectivity index (χ0n) is 15.8. The largest absolute Gasteiger partial charge is 0.417 e. The van der Waals surface area contributed by atoms with E-state index in [1.54, 1.807) is 0 Å². The van der Waals surface area contributed by atoms with E-state index in [2.05, 4.69) is 21.2 Å². The number of hydrogen-bond donors (Lipinski definition) is 2. The number of aromatic nitrogens is 3. The number of likely N-dealkylation sites (tertiary alicyclic amines) is 1. The van der Waals surface area contributed by atoms with E-state index in [0.717, 1.165) is 42.2 Å². The highest BCUT2D eigenvalue weighted by molar-refractivity contribution is 5.80. The molecule has 0 saturated carbocycles. The molecule has 0 bridgehead atoms. The van der Waals surface area contributed by atoms with E-state index in [9.17, 15) is 4.79 Å². The van der Waals surface area contributed by atoms with Crippen molar-refractivity contribution in [3.8, 4) is 11.3 Å². The van der Waals surface area contributed by atoms with Crippen LogP contribution >= 0.6 is 0 Å². The Balaban J connectivity index is 1.64. The van der Waals surface area contributed by atoms with Crippen molar-refractivity contribution >= 4 is 22.4 Å². The van der Waals surface area contributed by atoms with Crippen LogP contribution in [0.25, 0.3) is 28.0 Å². The van der Waals surface area contributed by atoms with Crippen molar-refractivity contribution in [3.05, 3.63) is 52.8 Å². The fourth-order valence-corrected chi connectivity index (χ4v) is 4.23. The molecule has 4 heterocycles. The molecule has 1 saturated heterocycles. The molecule has 1 atom stereocenters. The van der Waals surface area contributed by atoms with Crippen molar-refractivity contribution in [1.29, 1.82) is 0 Å². The highest BCUT2D eigenvalue weighted by atomic mass is 16.4. The number of nitrogen functional groups attached to an aromatic ring is 1. The average Bonchev–Trinajstić information content (AvgIpc) is 3.20. The van der Waals surface area contributed by atoms with Gasteiger partial charge in [-0.3, -0.25) is 9.88 Å². The standard InChI is InChI=1S/C21H23N5O2/c1-13-3-2-8-25(10-13)12-17-20(24-19-7-5-15(22)11-26(17)19)14-4-6-16-18(9-14)28-21(27)23-16/h4-7,9,11,13H,2-3,8,10,12,22H2,1H3,(H,23,27). The number of pyridine rings is 1. The summed E-state index contributed by atoms with van der Waals surface area (Å²) in [5.41, 5.74) is 11.8. The molecule has 1 aromatic carbocycles. The number of nitrogens with one attached hydrogen (secondary N) is 1. The lowest BCUT2D eigenvalue weighted by Gasteiger charge is -2.30. The summed E-state index contributed by atoms with van der Waals surface area (Å²) in [7, 11) is 0. The number of nitrogens with two attached hydrogens (primary N) is 1. The summed E-state index contributed by atoms with van der Waals surface area (Å²) >= 11 is 0. The molecule has 1 unspecified atom stereocenters. The Morgan fingerprint density at radius 2 is 2.21 bits per heavy atom. The first kappa shape index (κ1) is 17.1. The third-order valence-corrected chi connectivity index (χ3v) is 5.55. The Hall–Kier alpha value is -3.06. The first-order valence-corrected chi connectivity index (χ1v) is 9.69. The summed E-state index contributed by atoms with van der Waals surface area (Å²) in [6.45, 7) is 5.28. The van der Waals surface area contributed by atoms with Crippen molar-refractivity contribution in [2.75, 3.05) is 18.8 Å². The van der Waals surface area contributed by atoms with Gasteiger partial charge in [0.15, 0.2) is 5.58 Å². The van der Waals surface area contributed by atoms with E-state index in [4.69, 9.17) is 15.1 Å². The van der Waals surface area contributed by atoms with Crippen LogP contribution in [0.3, 0.4) is 0 Å². The number of rotatable bonds is 3. The van der Waals surface area contributed by atoms with E-state index in [-0.39, 0.29) is 0 Å². The van der Waals surface area contributed by atoms with Gasteiger partial charge in [0.1, 0.15) is 5.65 Å². The highest BCUT2D eigenvalue weighted by Gasteiger charge is 2.21. The number of hydrogen-bond acceptors (Lipinski definition) is 5. The van der Waals surface area contributed by atoms with Crippen molar-refractivity contribution in [3.63, 3.8) is 0 Å². The summed E-state index contributed by atoms with van der Waals surface area (Å²) in [5, 5.41) is 0. The lowest BCUT2D eigenvalue weighted by atomic mass is 10.00. The summed E-state index contributed by atoms with van der Waals surface area (Å²) in [5.74, 6) is 0.254. The normalized spacial score (nSPS) is 18.2. The Labute approximate surface area is 161 Å². The molecule has 5 rings (SSSR count). The van der Waals surface area contributed by atoms with Crippen LogP contribution in [0, 0.1) is 5.92 Å². The van der Waals surface area contributed by atoms with E-state index >= 15 is 0 Å². The minimum Gasteiger partial charge on any atom is -0.408 e. The first-order chi connectivity index (χ1) is 13.6. The average molecular weight is 377 g/mol. The van der Waals surface area contributed by atoms with Crippen LogP contribution < -0.4 is 11.5 Å². The van der Waals surface area contributed by atoms with E-state index in [0.29, 0.717) is 22.7 Å². The van der Waals surface area contributed by atoms with Crippen LogP contribution in [0.15, 0.2) is 45.7 Å². The second-order valence-electron chi connectivity index (χ2n) is 7.81. The van der Waals surface area contributed by atoms with Crippen LogP contribution in [0.5, 0.6) is 0 Å². The zero-order valence-corrected chi connectivity index (χ0v) is 15.8. The van der Waals surface area contributed by atoms with E-state index in [1.807, 2.05) is 36.5 Å². The summed E-state index contributed by atoms with van der Waals surface area (Å²) in [6.07, 6.45) is 4.44. The smallest absolute Gasteiger partial charge is 0.408 e. The molecule has 0 spiro atoms. The second kappa shape index (κ2) is 6.53. The molecule has 7 heteroatoms. The molecule has 7 nitrogen and oxygen atoms in total. The zero-order chi connectivity index (χ0) is 19.3.